The van der Waals surface area contributed by atoms with Crippen molar-refractivity contribution in [2.45, 2.75) is 39.7 Å². The van der Waals surface area contributed by atoms with Gasteiger partial charge in [0.1, 0.15) is 23.3 Å². The zero-order valence-electron chi connectivity index (χ0n) is 22.5. The van der Waals surface area contributed by atoms with Gasteiger partial charge in [0, 0.05) is 18.1 Å². The lowest BCUT2D eigenvalue weighted by molar-refractivity contribution is -0.139. The number of para-hydroxylation sites is 1. The Bertz CT molecular complexity index is 1620. The number of carbonyl (C=O) groups excluding carboxylic acids is 2. The maximum Gasteiger partial charge on any atom is 0.338 e. The molecular weight excluding hydrogens is 520 g/mol. The van der Waals surface area contributed by atoms with Crippen molar-refractivity contribution in [3.05, 3.63) is 84.5 Å². The second-order valence-corrected chi connectivity index (χ2v) is 9.66. The zero-order chi connectivity index (χ0) is 28.1. The molecule has 2 heterocycles. The first-order chi connectivity index (χ1) is 18.8. The second-order valence-electron chi connectivity index (χ2n) is 8.65. The third-order valence-electron chi connectivity index (χ3n) is 6.08. The van der Waals surface area contributed by atoms with Crippen LogP contribution in [0.4, 0.5) is 0 Å². The Kier molecular flexibility index (Phi) is 8.65. The van der Waals surface area contributed by atoms with Crippen LogP contribution in [0.2, 0.25) is 0 Å². The van der Waals surface area contributed by atoms with E-state index in [1.807, 2.05) is 6.92 Å². The first-order valence-electron chi connectivity index (χ1n) is 12.5. The summed E-state index contributed by atoms with van der Waals surface area (Å²) in [6.45, 7) is 5.21. The van der Waals surface area contributed by atoms with Crippen molar-refractivity contribution < 1.29 is 28.5 Å². The molecule has 0 fully saturated rings. The molecule has 10 heteroatoms. The van der Waals surface area contributed by atoms with Crippen molar-refractivity contribution >= 4 is 29.4 Å². The molecule has 3 aromatic rings. The number of nitrogens with zero attached hydrogens (tertiary/aromatic N) is 2. The van der Waals surface area contributed by atoms with Crippen LogP contribution in [0, 0.1) is 0 Å². The lowest BCUT2D eigenvalue weighted by atomic mass is 9.93. The Morgan fingerprint density at radius 1 is 1.08 bits per heavy atom. The molecule has 204 valence electrons. The minimum atomic E-state index is -0.863. The van der Waals surface area contributed by atoms with Gasteiger partial charge in [0.2, 0.25) is 0 Å². The van der Waals surface area contributed by atoms with Crippen LogP contribution in [0.3, 0.4) is 0 Å². The molecule has 1 unspecified atom stereocenters. The van der Waals surface area contributed by atoms with Gasteiger partial charge in [0.25, 0.3) is 5.56 Å². The quantitative estimate of drug-likeness (QED) is 0.297. The van der Waals surface area contributed by atoms with Gasteiger partial charge in [-0.1, -0.05) is 42.9 Å². The molecule has 1 aromatic heterocycles. The van der Waals surface area contributed by atoms with Gasteiger partial charge >= 0.3 is 11.9 Å². The standard InChI is InChI=1S/C29H30N2O7S/c1-6-10-21-25(28(34)37-7-2)26(20-16-19(35-4)13-14-23(20)36-5)31-27(33)24(39-29(31)30-21)15-18-11-8-9-12-22(18)38-17(3)32/h8-9,11-16,26H,6-7,10H2,1-5H3/b24-15-. The van der Waals surface area contributed by atoms with Crippen molar-refractivity contribution in [2.75, 3.05) is 20.8 Å². The molecule has 9 nitrogen and oxygen atoms in total. The fourth-order valence-corrected chi connectivity index (χ4v) is 5.47. The van der Waals surface area contributed by atoms with Gasteiger partial charge in [-0.2, -0.15) is 0 Å². The molecular formula is C29H30N2O7S. The summed E-state index contributed by atoms with van der Waals surface area (Å²) in [5.41, 5.74) is 1.61. The summed E-state index contributed by atoms with van der Waals surface area (Å²) in [6.07, 6.45) is 2.90. The number of benzene rings is 2. The molecule has 1 aliphatic rings. The minimum absolute atomic E-state index is 0.168. The maximum absolute atomic E-state index is 14.0. The Morgan fingerprint density at radius 3 is 2.51 bits per heavy atom. The molecule has 0 N–H and O–H groups in total. The van der Waals surface area contributed by atoms with E-state index in [2.05, 4.69) is 0 Å². The summed E-state index contributed by atoms with van der Waals surface area (Å²) < 4.78 is 23.8. The third-order valence-corrected chi connectivity index (χ3v) is 7.07. The smallest absolute Gasteiger partial charge is 0.338 e. The van der Waals surface area contributed by atoms with Crippen LogP contribution in [-0.2, 0) is 14.3 Å². The van der Waals surface area contributed by atoms with E-state index < -0.39 is 18.0 Å². The van der Waals surface area contributed by atoms with E-state index in [1.54, 1.807) is 62.6 Å². The Morgan fingerprint density at radius 2 is 1.85 bits per heavy atom. The van der Waals surface area contributed by atoms with Crippen molar-refractivity contribution in [1.82, 2.24) is 4.57 Å². The average Bonchev–Trinajstić information content (AvgIpc) is 3.23. The normalized spacial score (nSPS) is 14.9. The number of allylic oxidation sites excluding steroid dienone is 1. The molecule has 0 spiro atoms. The first-order valence-corrected chi connectivity index (χ1v) is 13.4. The van der Waals surface area contributed by atoms with Crippen molar-refractivity contribution in [3.8, 4) is 17.2 Å². The lowest BCUT2D eigenvalue weighted by Gasteiger charge is -2.27. The number of esters is 2. The molecule has 0 bridgehead atoms. The number of rotatable bonds is 9. The van der Waals surface area contributed by atoms with Gasteiger partial charge in [-0.05, 0) is 43.7 Å². The van der Waals surface area contributed by atoms with Gasteiger partial charge < -0.3 is 18.9 Å². The van der Waals surface area contributed by atoms with E-state index in [0.717, 1.165) is 6.42 Å². The molecule has 0 amide bonds. The maximum atomic E-state index is 14.0. The average molecular weight is 551 g/mol. The number of hydrogen-bond acceptors (Lipinski definition) is 9. The van der Waals surface area contributed by atoms with Gasteiger partial charge in [0.15, 0.2) is 4.80 Å². The van der Waals surface area contributed by atoms with E-state index in [9.17, 15) is 14.4 Å². The summed E-state index contributed by atoms with van der Waals surface area (Å²) >= 11 is 1.19. The molecule has 1 atom stereocenters. The highest BCUT2D eigenvalue weighted by molar-refractivity contribution is 7.07. The zero-order valence-corrected chi connectivity index (χ0v) is 23.3. The number of thiazole rings is 1. The summed E-state index contributed by atoms with van der Waals surface area (Å²) in [5.74, 6) is 0.344. The van der Waals surface area contributed by atoms with E-state index in [0.29, 0.717) is 49.8 Å². The van der Waals surface area contributed by atoms with Crippen LogP contribution in [0.5, 0.6) is 17.2 Å². The molecule has 0 radical (unpaired) electrons. The van der Waals surface area contributed by atoms with Crippen LogP contribution in [-0.4, -0.2) is 37.3 Å². The third kappa shape index (κ3) is 5.65. The van der Waals surface area contributed by atoms with Crippen LogP contribution < -0.4 is 29.1 Å². The van der Waals surface area contributed by atoms with Gasteiger partial charge in [-0.3, -0.25) is 14.2 Å². The fourth-order valence-electron chi connectivity index (χ4n) is 4.46. The van der Waals surface area contributed by atoms with E-state index >= 15 is 0 Å². The van der Waals surface area contributed by atoms with Crippen molar-refractivity contribution in [3.63, 3.8) is 0 Å². The Hall–Kier alpha value is -4.18. The predicted octanol–water partition coefficient (Wildman–Crippen LogP) is 3.52. The van der Waals surface area contributed by atoms with Crippen molar-refractivity contribution in [2.24, 2.45) is 4.99 Å². The summed E-state index contributed by atoms with van der Waals surface area (Å²) in [7, 11) is 3.07. The SMILES string of the molecule is CCCC1=C(C(=O)OCC)C(c2cc(OC)ccc2OC)n2c(s/c(=C\c3ccccc3OC(C)=O)c2=O)=N1. The predicted molar refractivity (Wildman–Crippen MR) is 147 cm³/mol. The van der Waals surface area contributed by atoms with E-state index in [1.165, 1.54) is 29.9 Å². The number of carbonyl (C=O) groups is 2. The summed E-state index contributed by atoms with van der Waals surface area (Å²) in [5, 5.41) is 0. The number of methoxy groups -OCH3 is 2. The first kappa shape index (κ1) is 27.8. The number of fused-ring (bicyclic) bond motifs is 1. The highest BCUT2D eigenvalue weighted by Gasteiger charge is 2.36. The molecule has 2 aromatic carbocycles. The van der Waals surface area contributed by atoms with Gasteiger partial charge in [0.05, 0.1) is 36.6 Å². The molecule has 0 saturated heterocycles. The van der Waals surface area contributed by atoms with E-state index in [4.69, 9.17) is 23.9 Å². The van der Waals surface area contributed by atoms with Gasteiger partial charge in [-0.15, -0.1) is 0 Å². The largest absolute Gasteiger partial charge is 0.497 e. The van der Waals surface area contributed by atoms with Gasteiger partial charge in [-0.25, -0.2) is 9.79 Å². The highest BCUT2D eigenvalue weighted by atomic mass is 32.1. The monoisotopic (exact) mass is 550 g/mol. The molecule has 0 aliphatic carbocycles. The summed E-state index contributed by atoms with van der Waals surface area (Å²) in [6, 6.07) is 11.3. The molecule has 1 aliphatic heterocycles. The van der Waals surface area contributed by atoms with Crippen LogP contribution in [0.15, 0.2) is 63.5 Å². The lowest BCUT2D eigenvalue weighted by Crippen LogP contribution is -2.40. The number of ether oxygens (including phenoxy) is 4. The van der Waals surface area contributed by atoms with E-state index in [-0.39, 0.29) is 17.7 Å². The summed E-state index contributed by atoms with van der Waals surface area (Å²) in [4.78, 5) is 44.2. The second kappa shape index (κ2) is 12.1. The minimum Gasteiger partial charge on any atom is -0.497 e. The molecule has 0 saturated carbocycles. The number of hydrogen-bond donors (Lipinski definition) is 0. The van der Waals surface area contributed by atoms with Crippen LogP contribution in [0.1, 0.15) is 50.8 Å². The van der Waals surface area contributed by atoms with Crippen LogP contribution in [0.25, 0.3) is 6.08 Å². The Balaban J connectivity index is 2.05. The highest BCUT2D eigenvalue weighted by Crippen LogP contribution is 2.38. The molecule has 4 rings (SSSR count). The van der Waals surface area contributed by atoms with Crippen molar-refractivity contribution in [1.29, 1.82) is 0 Å². The fraction of sp³-hybridized carbons (Fsp3) is 0.310. The van der Waals surface area contributed by atoms with Crippen LogP contribution >= 0.6 is 11.3 Å². The number of aromatic nitrogens is 1. The Labute approximate surface area is 229 Å². The topological polar surface area (TPSA) is 105 Å². The molecule has 39 heavy (non-hydrogen) atoms.